The number of nitrogens with one attached hydrogen (secondary N) is 1. The Kier molecular flexibility index (Phi) is 6.07. The molecule has 1 N–H and O–H groups in total. The van der Waals surface area contributed by atoms with Crippen LogP contribution < -0.4 is 5.32 Å². The van der Waals surface area contributed by atoms with Crippen LogP contribution in [0.5, 0.6) is 0 Å². The number of hydrogen-bond acceptors (Lipinski definition) is 5. The first-order valence-corrected chi connectivity index (χ1v) is 7.47. The molecule has 1 unspecified atom stereocenters. The number of thiazole rings is 1. The highest BCUT2D eigenvalue weighted by atomic mass is 32.1. The van der Waals surface area contributed by atoms with Crippen molar-refractivity contribution >= 4 is 11.3 Å². The Balaban J connectivity index is 1.41. The summed E-state index contributed by atoms with van der Waals surface area (Å²) in [5.41, 5.74) is 0. The van der Waals surface area contributed by atoms with Crippen molar-refractivity contribution in [3.63, 3.8) is 0 Å². The van der Waals surface area contributed by atoms with Crippen LogP contribution in [0, 0.1) is 6.92 Å². The van der Waals surface area contributed by atoms with Gasteiger partial charge in [0.2, 0.25) is 0 Å². The fraction of sp³-hybridized carbons (Fsp3) is 0.769. The second-order valence-corrected chi connectivity index (χ2v) is 5.91. The van der Waals surface area contributed by atoms with Crippen molar-refractivity contribution in [2.24, 2.45) is 0 Å². The van der Waals surface area contributed by atoms with E-state index >= 15 is 0 Å². The molecule has 1 fully saturated rings. The number of ether oxygens (including phenoxy) is 2. The molecule has 1 aromatic rings. The lowest BCUT2D eigenvalue weighted by molar-refractivity contribution is 0.0166. The minimum absolute atomic E-state index is 0.345. The van der Waals surface area contributed by atoms with Crippen LogP contribution in [0.15, 0.2) is 6.20 Å². The first kappa shape index (κ1) is 13.9. The van der Waals surface area contributed by atoms with Crippen LogP contribution in [-0.2, 0) is 16.0 Å². The van der Waals surface area contributed by atoms with Gasteiger partial charge in [-0.05, 0) is 32.7 Å². The molecule has 102 valence electrons. The van der Waals surface area contributed by atoms with Crippen LogP contribution in [0.4, 0.5) is 0 Å². The molecule has 0 spiro atoms. The summed E-state index contributed by atoms with van der Waals surface area (Å²) in [5.74, 6) is 0. The fourth-order valence-corrected chi connectivity index (χ4v) is 2.75. The van der Waals surface area contributed by atoms with Crippen molar-refractivity contribution in [2.75, 3.05) is 26.4 Å². The minimum Gasteiger partial charge on any atom is -0.379 e. The molecular formula is C13H22N2O2S. The molecule has 0 bridgehead atoms. The Hall–Kier alpha value is -0.490. The highest BCUT2D eigenvalue weighted by Gasteiger charge is 2.14. The summed E-state index contributed by atoms with van der Waals surface area (Å²) >= 11 is 1.75. The molecule has 18 heavy (non-hydrogen) atoms. The van der Waals surface area contributed by atoms with Gasteiger partial charge in [-0.1, -0.05) is 0 Å². The third kappa shape index (κ3) is 5.02. The quantitative estimate of drug-likeness (QED) is 0.735. The zero-order chi connectivity index (χ0) is 12.6. The van der Waals surface area contributed by atoms with E-state index in [0.29, 0.717) is 6.10 Å². The van der Waals surface area contributed by atoms with E-state index in [2.05, 4.69) is 10.3 Å². The number of aromatic nitrogens is 1. The Bertz CT molecular complexity index is 337. The van der Waals surface area contributed by atoms with E-state index in [0.717, 1.165) is 50.8 Å². The minimum atomic E-state index is 0.345. The average molecular weight is 270 g/mol. The zero-order valence-electron chi connectivity index (χ0n) is 11.0. The predicted octanol–water partition coefficient (Wildman–Crippen LogP) is 2.13. The van der Waals surface area contributed by atoms with Gasteiger partial charge in [-0.2, -0.15) is 0 Å². The molecule has 2 heterocycles. The maximum atomic E-state index is 5.60. The molecule has 0 amide bonds. The van der Waals surface area contributed by atoms with Crippen LogP contribution in [0.25, 0.3) is 0 Å². The van der Waals surface area contributed by atoms with Gasteiger partial charge in [-0.15, -0.1) is 11.3 Å². The molecule has 1 aromatic heterocycles. The smallest absolute Gasteiger partial charge is 0.0897 e. The molecule has 0 saturated carbocycles. The van der Waals surface area contributed by atoms with E-state index in [1.807, 2.05) is 13.1 Å². The lowest BCUT2D eigenvalue weighted by atomic mass is 10.2. The highest BCUT2D eigenvalue weighted by Crippen LogP contribution is 2.12. The molecule has 2 rings (SSSR count). The number of aryl methyl sites for hydroxylation is 1. The van der Waals surface area contributed by atoms with Crippen molar-refractivity contribution in [3.05, 3.63) is 16.1 Å². The van der Waals surface area contributed by atoms with E-state index in [-0.39, 0.29) is 0 Å². The lowest BCUT2D eigenvalue weighted by Crippen LogP contribution is -2.18. The molecule has 1 aliphatic heterocycles. The largest absolute Gasteiger partial charge is 0.379 e. The summed E-state index contributed by atoms with van der Waals surface area (Å²) in [7, 11) is 0. The predicted molar refractivity (Wildman–Crippen MR) is 73.0 cm³/mol. The topological polar surface area (TPSA) is 43.4 Å². The van der Waals surface area contributed by atoms with Crippen molar-refractivity contribution in [1.82, 2.24) is 10.3 Å². The summed E-state index contributed by atoms with van der Waals surface area (Å²) in [5, 5.41) is 4.53. The molecule has 0 aliphatic carbocycles. The van der Waals surface area contributed by atoms with Gasteiger partial charge in [-0.3, -0.25) is 0 Å². The van der Waals surface area contributed by atoms with E-state index in [4.69, 9.17) is 9.47 Å². The van der Waals surface area contributed by atoms with Gasteiger partial charge in [0.25, 0.3) is 0 Å². The molecule has 0 radical (unpaired) electrons. The van der Waals surface area contributed by atoms with Crippen molar-refractivity contribution < 1.29 is 9.47 Å². The molecule has 4 nitrogen and oxygen atoms in total. The Morgan fingerprint density at radius 2 is 2.56 bits per heavy atom. The molecular weight excluding hydrogens is 248 g/mol. The van der Waals surface area contributed by atoms with Gasteiger partial charge in [0.15, 0.2) is 0 Å². The van der Waals surface area contributed by atoms with Gasteiger partial charge in [0.05, 0.1) is 17.7 Å². The first-order valence-electron chi connectivity index (χ1n) is 6.66. The normalized spacial score (nSPS) is 19.5. The van der Waals surface area contributed by atoms with E-state index in [1.165, 1.54) is 11.3 Å². The van der Waals surface area contributed by atoms with Gasteiger partial charge < -0.3 is 14.8 Å². The van der Waals surface area contributed by atoms with Gasteiger partial charge in [-0.25, -0.2) is 4.98 Å². The summed E-state index contributed by atoms with van der Waals surface area (Å²) in [6.45, 7) is 6.42. The van der Waals surface area contributed by atoms with Crippen LogP contribution in [0.3, 0.4) is 0 Å². The molecule has 5 heteroatoms. The van der Waals surface area contributed by atoms with Gasteiger partial charge in [0.1, 0.15) is 0 Å². The Morgan fingerprint density at radius 1 is 1.61 bits per heavy atom. The average Bonchev–Trinajstić information content (AvgIpc) is 3.00. The summed E-state index contributed by atoms with van der Waals surface area (Å²) < 4.78 is 11.1. The van der Waals surface area contributed by atoms with Crippen molar-refractivity contribution in [1.29, 1.82) is 0 Å². The van der Waals surface area contributed by atoms with E-state index < -0.39 is 0 Å². The maximum Gasteiger partial charge on any atom is 0.0897 e. The highest BCUT2D eigenvalue weighted by molar-refractivity contribution is 7.11. The van der Waals surface area contributed by atoms with Crippen molar-refractivity contribution in [2.45, 2.75) is 38.8 Å². The maximum absolute atomic E-state index is 5.60. The lowest BCUT2D eigenvalue weighted by Gasteiger charge is -2.10. The molecule has 1 aliphatic rings. The standard InChI is InChI=1S/C13H22N2O2S/c1-11-15-9-13(18-11)8-14-5-3-6-16-10-12-4-2-7-17-12/h9,12,14H,2-8,10H2,1H3. The van der Waals surface area contributed by atoms with Crippen LogP contribution in [-0.4, -0.2) is 37.5 Å². The van der Waals surface area contributed by atoms with Crippen LogP contribution in [0.1, 0.15) is 29.1 Å². The fourth-order valence-electron chi connectivity index (χ4n) is 1.99. The first-order chi connectivity index (χ1) is 8.84. The number of rotatable bonds is 8. The number of nitrogens with zero attached hydrogens (tertiary/aromatic N) is 1. The number of hydrogen-bond donors (Lipinski definition) is 1. The monoisotopic (exact) mass is 270 g/mol. The molecule has 1 atom stereocenters. The zero-order valence-corrected chi connectivity index (χ0v) is 11.8. The molecule has 1 saturated heterocycles. The van der Waals surface area contributed by atoms with Gasteiger partial charge in [0, 0.05) is 30.8 Å². The summed E-state index contributed by atoms with van der Waals surface area (Å²) in [6, 6.07) is 0. The van der Waals surface area contributed by atoms with E-state index in [1.54, 1.807) is 11.3 Å². The van der Waals surface area contributed by atoms with Gasteiger partial charge >= 0.3 is 0 Å². The third-order valence-electron chi connectivity index (χ3n) is 2.94. The summed E-state index contributed by atoms with van der Waals surface area (Å²) in [4.78, 5) is 5.53. The second-order valence-electron chi connectivity index (χ2n) is 4.59. The second kappa shape index (κ2) is 7.84. The van der Waals surface area contributed by atoms with Crippen LogP contribution >= 0.6 is 11.3 Å². The molecule has 0 aromatic carbocycles. The SMILES string of the molecule is Cc1ncc(CNCCCOCC2CCCO2)s1. The van der Waals surface area contributed by atoms with Crippen LogP contribution in [0.2, 0.25) is 0 Å². The van der Waals surface area contributed by atoms with Crippen molar-refractivity contribution in [3.8, 4) is 0 Å². The Labute approximate surface area is 113 Å². The Morgan fingerprint density at radius 3 is 3.28 bits per heavy atom. The third-order valence-corrected chi connectivity index (χ3v) is 3.85. The van der Waals surface area contributed by atoms with E-state index in [9.17, 15) is 0 Å². The summed E-state index contributed by atoms with van der Waals surface area (Å²) in [6.07, 6.45) is 5.68.